The molecule has 186 valence electrons. The summed E-state index contributed by atoms with van der Waals surface area (Å²) in [5, 5.41) is 6.79. The van der Waals surface area contributed by atoms with Gasteiger partial charge in [-0.05, 0) is 84.1 Å². The molecule has 4 aromatic rings. The lowest BCUT2D eigenvalue weighted by molar-refractivity contribution is 0.0956. The van der Waals surface area contributed by atoms with E-state index in [2.05, 4.69) is 36.8 Å². The molecule has 2 N–H and O–H groups in total. The quantitative estimate of drug-likeness (QED) is 0.134. The lowest BCUT2D eigenvalue weighted by atomic mass is 10.0. The number of rotatable bonds is 7. The Kier molecular flexibility index (Phi) is 8.53. The van der Waals surface area contributed by atoms with E-state index in [9.17, 15) is 9.59 Å². The van der Waals surface area contributed by atoms with E-state index in [0.717, 1.165) is 22.3 Å². The Hall–Kier alpha value is -3.75. The molecular formula is C29H25BrN4O2S. The van der Waals surface area contributed by atoms with Crippen LogP contribution in [0.3, 0.4) is 0 Å². The third-order valence-electron chi connectivity index (χ3n) is 5.90. The fraction of sp³-hybridized carbons (Fsp3) is 0.103. The topological polar surface area (TPSA) is 83.5 Å². The Bertz CT molecular complexity index is 1460. The number of halogens is 1. The van der Waals surface area contributed by atoms with Crippen molar-refractivity contribution < 1.29 is 9.59 Å². The maximum absolute atomic E-state index is 13.0. The maximum atomic E-state index is 13.0. The van der Waals surface area contributed by atoms with E-state index < -0.39 is 5.91 Å². The molecule has 0 spiro atoms. The van der Waals surface area contributed by atoms with Gasteiger partial charge in [-0.25, -0.2) is 5.43 Å². The van der Waals surface area contributed by atoms with Crippen molar-refractivity contribution in [3.63, 3.8) is 0 Å². The number of pyridine rings is 1. The average Bonchev–Trinajstić information content (AvgIpc) is 2.91. The number of benzene rings is 3. The van der Waals surface area contributed by atoms with Crippen LogP contribution in [0.25, 0.3) is 0 Å². The number of hydrogen-bond acceptors (Lipinski definition) is 5. The van der Waals surface area contributed by atoms with E-state index in [0.29, 0.717) is 15.7 Å². The molecule has 8 heteroatoms. The number of hydrogen-bond donors (Lipinski definition) is 3. The number of anilines is 1. The van der Waals surface area contributed by atoms with Gasteiger partial charge < -0.3 is 5.32 Å². The van der Waals surface area contributed by atoms with Crippen molar-refractivity contribution in [1.82, 2.24) is 10.4 Å². The van der Waals surface area contributed by atoms with E-state index in [1.54, 1.807) is 48.9 Å². The average molecular weight is 574 g/mol. The van der Waals surface area contributed by atoms with Crippen LogP contribution in [0, 0.1) is 13.8 Å². The van der Waals surface area contributed by atoms with Gasteiger partial charge in [-0.1, -0.05) is 46.3 Å². The number of nitrogens with zero attached hydrogens (tertiary/aromatic N) is 2. The SMILES string of the molecule is Cc1ccc(/C=N/NC(=O)c2cc(Br)ccc2NC(=O)c2ccc(C(S)c3ccncc3)cc2)cc1C. The minimum absolute atomic E-state index is 0.133. The van der Waals surface area contributed by atoms with Crippen LogP contribution in [-0.2, 0) is 0 Å². The number of aryl methyl sites for hydroxylation is 2. The Balaban J connectivity index is 1.46. The zero-order valence-corrected chi connectivity index (χ0v) is 22.8. The predicted molar refractivity (Wildman–Crippen MR) is 155 cm³/mol. The zero-order chi connectivity index (χ0) is 26.4. The third-order valence-corrected chi connectivity index (χ3v) is 6.99. The van der Waals surface area contributed by atoms with Gasteiger partial charge in [-0.15, -0.1) is 0 Å². The van der Waals surface area contributed by atoms with Gasteiger partial charge in [0.1, 0.15) is 0 Å². The number of hydrazone groups is 1. The van der Waals surface area contributed by atoms with Crippen molar-refractivity contribution in [1.29, 1.82) is 0 Å². The molecule has 4 rings (SSSR count). The lowest BCUT2D eigenvalue weighted by Crippen LogP contribution is -2.21. The molecule has 0 fully saturated rings. The first kappa shape index (κ1) is 26.3. The molecule has 6 nitrogen and oxygen atoms in total. The molecule has 1 heterocycles. The number of carbonyl (C=O) groups excluding carboxylic acids is 2. The van der Waals surface area contributed by atoms with Crippen LogP contribution in [0.2, 0.25) is 0 Å². The first-order valence-corrected chi connectivity index (χ1v) is 12.8. The minimum atomic E-state index is -0.442. The Morgan fingerprint density at radius 1 is 0.892 bits per heavy atom. The zero-order valence-electron chi connectivity index (χ0n) is 20.3. The van der Waals surface area contributed by atoms with Crippen molar-refractivity contribution in [2.75, 3.05) is 5.32 Å². The Morgan fingerprint density at radius 3 is 2.30 bits per heavy atom. The summed E-state index contributed by atoms with van der Waals surface area (Å²) in [6, 6.07) is 22.0. The molecule has 37 heavy (non-hydrogen) atoms. The highest BCUT2D eigenvalue weighted by Gasteiger charge is 2.16. The number of carbonyl (C=O) groups is 2. The van der Waals surface area contributed by atoms with Crippen molar-refractivity contribution in [3.8, 4) is 0 Å². The number of thiol groups is 1. The molecular weight excluding hydrogens is 548 g/mol. The first-order valence-electron chi connectivity index (χ1n) is 11.5. The van der Waals surface area contributed by atoms with Gasteiger partial charge in [-0.3, -0.25) is 14.6 Å². The molecule has 0 saturated carbocycles. The van der Waals surface area contributed by atoms with Gasteiger partial charge in [0.2, 0.25) is 0 Å². The highest BCUT2D eigenvalue weighted by Crippen LogP contribution is 2.28. The second-order valence-corrected chi connectivity index (χ2v) is 9.92. The van der Waals surface area contributed by atoms with Gasteiger partial charge >= 0.3 is 0 Å². The summed E-state index contributed by atoms with van der Waals surface area (Å²) in [6.07, 6.45) is 5.03. The van der Waals surface area contributed by atoms with Gasteiger partial charge in [0, 0.05) is 22.4 Å². The second kappa shape index (κ2) is 12.0. The van der Waals surface area contributed by atoms with E-state index >= 15 is 0 Å². The highest BCUT2D eigenvalue weighted by atomic mass is 79.9. The van der Waals surface area contributed by atoms with Crippen LogP contribution in [-0.4, -0.2) is 23.0 Å². The Morgan fingerprint density at radius 2 is 1.59 bits per heavy atom. The van der Waals surface area contributed by atoms with Gasteiger partial charge in [-0.2, -0.15) is 17.7 Å². The van der Waals surface area contributed by atoms with Crippen LogP contribution < -0.4 is 10.7 Å². The second-order valence-electron chi connectivity index (χ2n) is 8.49. The van der Waals surface area contributed by atoms with Gasteiger partial charge in [0.15, 0.2) is 0 Å². The number of amides is 2. The number of nitrogens with one attached hydrogen (secondary N) is 2. The minimum Gasteiger partial charge on any atom is -0.321 e. The fourth-order valence-corrected chi connectivity index (χ4v) is 4.34. The van der Waals surface area contributed by atoms with Crippen LogP contribution >= 0.6 is 28.6 Å². The molecule has 0 saturated heterocycles. The fourth-order valence-electron chi connectivity index (χ4n) is 3.63. The third kappa shape index (κ3) is 6.72. The maximum Gasteiger partial charge on any atom is 0.273 e. The first-order chi connectivity index (χ1) is 17.8. The molecule has 0 aliphatic rings. The standard InChI is InChI=1S/C29H25BrN4O2S/c1-18-3-4-20(15-19(18)2)17-32-34-29(36)25-16-24(30)9-10-26(25)33-28(35)23-7-5-21(6-8-23)27(37)22-11-13-31-14-12-22/h3-17,27,37H,1-2H3,(H,33,35)(H,34,36)/b32-17+. The summed E-state index contributed by atoms with van der Waals surface area (Å²) in [4.78, 5) is 29.9. The van der Waals surface area contributed by atoms with Crippen LogP contribution in [0.1, 0.15) is 53.8 Å². The monoisotopic (exact) mass is 572 g/mol. The van der Waals surface area contributed by atoms with E-state index in [1.807, 2.05) is 56.3 Å². The van der Waals surface area contributed by atoms with Gasteiger partial charge in [0.25, 0.3) is 11.8 Å². The predicted octanol–water partition coefficient (Wildman–Crippen LogP) is 6.50. The molecule has 3 aromatic carbocycles. The summed E-state index contributed by atoms with van der Waals surface area (Å²) < 4.78 is 0.703. The summed E-state index contributed by atoms with van der Waals surface area (Å²) in [6.45, 7) is 4.06. The summed E-state index contributed by atoms with van der Waals surface area (Å²) >= 11 is 8.09. The summed E-state index contributed by atoms with van der Waals surface area (Å²) in [7, 11) is 0. The molecule has 1 aromatic heterocycles. The Labute approximate surface area is 229 Å². The van der Waals surface area contributed by atoms with Crippen LogP contribution in [0.4, 0.5) is 5.69 Å². The van der Waals surface area contributed by atoms with E-state index in [4.69, 9.17) is 12.6 Å². The molecule has 2 amide bonds. The highest BCUT2D eigenvalue weighted by molar-refractivity contribution is 9.10. The van der Waals surface area contributed by atoms with Crippen LogP contribution in [0.15, 0.2) is 94.8 Å². The molecule has 0 radical (unpaired) electrons. The summed E-state index contributed by atoms with van der Waals surface area (Å²) in [5.41, 5.74) is 8.83. The van der Waals surface area contributed by atoms with E-state index in [1.165, 1.54) is 5.56 Å². The molecule has 1 atom stereocenters. The van der Waals surface area contributed by atoms with Crippen LogP contribution in [0.5, 0.6) is 0 Å². The summed E-state index contributed by atoms with van der Waals surface area (Å²) in [5.74, 6) is -0.775. The largest absolute Gasteiger partial charge is 0.321 e. The normalized spacial score (nSPS) is 11.8. The molecule has 0 aliphatic heterocycles. The molecule has 1 unspecified atom stereocenters. The molecule has 0 aliphatic carbocycles. The molecule has 0 bridgehead atoms. The van der Waals surface area contributed by atoms with E-state index in [-0.39, 0.29) is 16.7 Å². The van der Waals surface area contributed by atoms with Crippen molar-refractivity contribution >= 4 is 52.3 Å². The van der Waals surface area contributed by atoms with Crippen molar-refractivity contribution in [2.45, 2.75) is 19.1 Å². The lowest BCUT2D eigenvalue weighted by Gasteiger charge is -2.13. The smallest absolute Gasteiger partial charge is 0.273 e. The van der Waals surface area contributed by atoms with Crippen molar-refractivity contribution in [3.05, 3.63) is 129 Å². The number of aromatic nitrogens is 1. The van der Waals surface area contributed by atoms with Crippen molar-refractivity contribution in [2.24, 2.45) is 5.10 Å². The van der Waals surface area contributed by atoms with Gasteiger partial charge in [0.05, 0.1) is 22.7 Å².